The molecule has 0 bridgehead atoms. The van der Waals surface area contributed by atoms with E-state index in [2.05, 4.69) is 6.92 Å². The summed E-state index contributed by atoms with van der Waals surface area (Å²) in [4.78, 5) is 0. The lowest BCUT2D eigenvalue weighted by atomic mass is 10.1. The van der Waals surface area contributed by atoms with Gasteiger partial charge in [-0.25, -0.2) is 0 Å². The number of aliphatic hydroxyl groups excluding tert-OH is 1. The highest BCUT2D eigenvalue weighted by molar-refractivity contribution is 4.99. The summed E-state index contributed by atoms with van der Waals surface area (Å²) >= 11 is 0. The van der Waals surface area contributed by atoms with Crippen molar-refractivity contribution in [3.05, 3.63) is 24.2 Å². The zero-order valence-electron chi connectivity index (χ0n) is 8.20. The Kier molecular flexibility index (Phi) is 4.61. The van der Waals surface area contributed by atoms with Crippen LogP contribution in [0.25, 0.3) is 0 Å². The molecule has 2 nitrogen and oxygen atoms in total. The Morgan fingerprint density at radius 1 is 1.46 bits per heavy atom. The van der Waals surface area contributed by atoms with Crippen molar-refractivity contribution in [1.29, 1.82) is 0 Å². The van der Waals surface area contributed by atoms with Crippen molar-refractivity contribution in [2.24, 2.45) is 0 Å². The van der Waals surface area contributed by atoms with E-state index in [0.29, 0.717) is 6.42 Å². The maximum absolute atomic E-state index is 9.59. The van der Waals surface area contributed by atoms with Crippen molar-refractivity contribution < 1.29 is 9.52 Å². The molecule has 0 aromatic carbocycles. The summed E-state index contributed by atoms with van der Waals surface area (Å²) in [5.41, 5.74) is 0. The van der Waals surface area contributed by atoms with E-state index in [1.54, 1.807) is 6.26 Å². The third-order valence-corrected chi connectivity index (χ3v) is 2.16. The second-order valence-corrected chi connectivity index (χ2v) is 3.43. The molecule has 1 unspecified atom stereocenters. The minimum absolute atomic E-state index is 0.238. The number of hydrogen-bond acceptors (Lipinski definition) is 2. The molecule has 0 aliphatic rings. The molecule has 1 N–H and O–H groups in total. The molecule has 0 aliphatic heterocycles. The number of hydrogen-bond donors (Lipinski definition) is 1. The average Bonchev–Trinajstić information content (AvgIpc) is 2.57. The number of rotatable bonds is 6. The quantitative estimate of drug-likeness (QED) is 0.686. The van der Waals surface area contributed by atoms with Crippen molar-refractivity contribution in [3.63, 3.8) is 0 Å². The Hall–Kier alpha value is -0.760. The van der Waals surface area contributed by atoms with E-state index in [0.717, 1.165) is 18.6 Å². The first-order valence-corrected chi connectivity index (χ1v) is 5.03. The van der Waals surface area contributed by atoms with Gasteiger partial charge in [-0.05, 0) is 18.6 Å². The summed E-state index contributed by atoms with van der Waals surface area (Å²) in [7, 11) is 0. The van der Waals surface area contributed by atoms with Crippen LogP contribution in [-0.4, -0.2) is 11.2 Å². The van der Waals surface area contributed by atoms with E-state index < -0.39 is 0 Å². The van der Waals surface area contributed by atoms with Crippen LogP contribution in [0.3, 0.4) is 0 Å². The average molecular weight is 182 g/mol. The van der Waals surface area contributed by atoms with Crippen LogP contribution in [0.1, 0.15) is 38.4 Å². The van der Waals surface area contributed by atoms with E-state index in [1.807, 2.05) is 12.1 Å². The molecule has 0 radical (unpaired) electrons. The van der Waals surface area contributed by atoms with Crippen LogP contribution in [0.5, 0.6) is 0 Å². The fourth-order valence-corrected chi connectivity index (χ4v) is 1.39. The maximum Gasteiger partial charge on any atom is 0.106 e. The topological polar surface area (TPSA) is 33.4 Å². The van der Waals surface area contributed by atoms with Gasteiger partial charge in [0.2, 0.25) is 0 Å². The first-order chi connectivity index (χ1) is 6.33. The Labute approximate surface area is 79.6 Å². The zero-order valence-corrected chi connectivity index (χ0v) is 8.20. The number of unbranched alkanes of at least 4 members (excludes halogenated alkanes) is 2. The second-order valence-electron chi connectivity index (χ2n) is 3.43. The standard InChI is InChI=1S/C11H18O2/c1-2-3-4-6-10(12)9-11-7-5-8-13-11/h5,7-8,10,12H,2-4,6,9H2,1H3. The van der Waals surface area contributed by atoms with E-state index in [1.165, 1.54) is 12.8 Å². The van der Waals surface area contributed by atoms with Crippen molar-refractivity contribution in [2.75, 3.05) is 0 Å². The number of furan rings is 1. The summed E-state index contributed by atoms with van der Waals surface area (Å²) < 4.78 is 5.15. The predicted octanol–water partition coefficient (Wildman–Crippen LogP) is 2.76. The largest absolute Gasteiger partial charge is 0.469 e. The molecule has 0 amide bonds. The van der Waals surface area contributed by atoms with Gasteiger partial charge >= 0.3 is 0 Å². The normalized spacial score (nSPS) is 13.1. The molecule has 0 saturated heterocycles. The van der Waals surface area contributed by atoms with Crippen LogP contribution in [-0.2, 0) is 6.42 Å². The Bertz CT molecular complexity index is 204. The van der Waals surface area contributed by atoms with Crippen LogP contribution in [0.4, 0.5) is 0 Å². The summed E-state index contributed by atoms with van der Waals surface area (Å²) in [5.74, 6) is 0.879. The highest BCUT2D eigenvalue weighted by Gasteiger charge is 2.06. The highest BCUT2D eigenvalue weighted by atomic mass is 16.3. The van der Waals surface area contributed by atoms with Crippen LogP contribution >= 0.6 is 0 Å². The molecule has 0 spiro atoms. The summed E-state index contributed by atoms with van der Waals surface area (Å²) in [6.45, 7) is 2.17. The lowest BCUT2D eigenvalue weighted by Gasteiger charge is -2.07. The van der Waals surface area contributed by atoms with Crippen LogP contribution < -0.4 is 0 Å². The van der Waals surface area contributed by atoms with Gasteiger partial charge in [-0.15, -0.1) is 0 Å². The van der Waals surface area contributed by atoms with E-state index in [4.69, 9.17) is 4.42 Å². The van der Waals surface area contributed by atoms with Crippen molar-refractivity contribution in [2.45, 2.75) is 45.1 Å². The smallest absolute Gasteiger partial charge is 0.106 e. The van der Waals surface area contributed by atoms with Gasteiger partial charge in [0.1, 0.15) is 5.76 Å². The first kappa shape index (κ1) is 10.3. The molecule has 1 rings (SSSR count). The molecule has 74 valence electrons. The molecule has 0 aliphatic carbocycles. The summed E-state index contributed by atoms with van der Waals surface area (Å²) in [6, 6.07) is 3.76. The molecule has 0 fully saturated rings. The molecule has 1 aromatic rings. The van der Waals surface area contributed by atoms with Gasteiger partial charge in [-0.3, -0.25) is 0 Å². The molecule has 13 heavy (non-hydrogen) atoms. The molecular formula is C11H18O2. The van der Waals surface area contributed by atoms with Gasteiger partial charge in [-0.2, -0.15) is 0 Å². The molecule has 0 saturated carbocycles. The molecule has 1 atom stereocenters. The lowest BCUT2D eigenvalue weighted by molar-refractivity contribution is 0.154. The van der Waals surface area contributed by atoms with E-state index in [-0.39, 0.29) is 6.10 Å². The fraction of sp³-hybridized carbons (Fsp3) is 0.636. The minimum Gasteiger partial charge on any atom is -0.469 e. The number of aliphatic hydroxyl groups is 1. The highest BCUT2D eigenvalue weighted by Crippen LogP contribution is 2.09. The first-order valence-electron chi connectivity index (χ1n) is 5.03. The second kappa shape index (κ2) is 5.81. The Balaban J connectivity index is 2.14. The molecular weight excluding hydrogens is 164 g/mol. The van der Waals surface area contributed by atoms with Gasteiger partial charge in [-0.1, -0.05) is 26.2 Å². The van der Waals surface area contributed by atoms with Crippen LogP contribution in [0, 0.1) is 0 Å². The predicted molar refractivity (Wildman–Crippen MR) is 52.6 cm³/mol. The lowest BCUT2D eigenvalue weighted by Crippen LogP contribution is -2.09. The third-order valence-electron chi connectivity index (χ3n) is 2.16. The third kappa shape index (κ3) is 4.13. The zero-order chi connectivity index (χ0) is 9.52. The van der Waals surface area contributed by atoms with Gasteiger partial charge in [0.25, 0.3) is 0 Å². The van der Waals surface area contributed by atoms with Crippen LogP contribution in [0.15, 0.2) is 22.8 Å². The molecule has 2 heteroatoms. The SMILES string of the molecule is CCCCCC(O)Cc1ccco1. The Morgan fingerprint density at radius 3 is 2.92 bits per heavy atom. The van der Waals surface area contributed by atoms with Gasteiger partial charge in [0.05, 0.1) is 12.4 Å². The van der Waals surface area contributed by atoms with Crippen molar-refractivity contribution >= 4 is 0 Å². The maximum atomic E-state index is 9.59. The van der Waals surface area contributed by atoms with Gasteiger partial charge in [0, 0.05) is 6.42 Å². The summed E-state index contributed by atoms with van der Waals surface area (Å²) in [6.07, 6.45) is 6.46. The van der Waals surface area contributed by atoms with Crippen molar-refractivity contribution in [1.82, 2.24) is 0 Å². The van der Waals surface area contributed by atoms with Gasteiger partial charge in [0.15, 0.2) is 0 Å². The fourth-order valence-electron chi connectivity index (χ4n) is 1.39. The van der Waals surface area contributed by atoms with Gasteiger partial charge < -0.3 is 9.52 Å². The van der Waals surface area contributed by atoms with Crippen LogP contribution in [0.2, 0.25) is 0 Å². The van der Waals surface area contributed by atoms with E-state index >= 15 is 0 Å². The monoisotopic (exact) mass is 182 g/mol. The minimum atomic E-state index is -0.238. The molecule has 1 aromatic heterocycles. The Morgan fingerprint density at radius 2 is 2.31 bits per heavy atom. The van der Waals surface area contributed by atoms with E-state index in [9.17, 15) is 5.11 Å². The van der Waals surface area contributed by atoms with Crippen molar-refractivity contribution in [3.8, 4) is 0 Å². The molecule has 1 heterocycles. The summed E-state index contributed by atoms with van der Waals surface area (Å²) in [5, 5.41) is 9.59.